The van der Waals surface area contributed by atoms with E-state index in [0.717, 1.165) is 38.3 Å². The summed E-state index contributed by atoms with van der Waals surface area (Å²) >= 11 is 6.56. The Morgan fingerprint density at radius 3 is 2.64 bits per heavy atom. The molecule has 1 saturated heterocycles. The first kappa shape index (κ1) is 17.1. The van der Waals surface area contributed by atoms with Gasteiger partial charge in [0.1, 0.15) is 16.0 Å². The number of amides is 1. The van der Waals surface area contributed by atoms with E-state index < -0.39 is 11.6 Å². The van der Waals surface area contributed by atoms with Gasteiger partial charge in [-0.1, -0.05) is 24.0 Å². The second-order valence-electron chi connectivity index (χ2n) is 5.02. The summed E-state index contributed by atoms with van der Waals surface area (Å²) in [5.74, 6) is -1.74. The van der Waals surface area contributed by atoms with Crippen molar-refractivity contribution in [3.8, 4) is 0 Å². The number of nitrogens with one attached hydrogen (secondary N) is 1. The minimum atomic E-state index is -0.792. The summed E-state index contributed by atoms with van der Waals surface area (Å²) < 4.78 is 26.9. The van der Waals surface area contributed by atoms with Crippen molar-refractivity contribution >= 4 is 39.9 Å². The maximum Gasteiger partial charge on any atom is 0.234 e. The second-order valence-corrected chi connectivity index (χ2v) is 6.63. The number of piperazine rings is 1. The zero-order valence-corrected chi connectivity index (χ0v) is 13.8. The third kappa shape index (κ3) is 4.89. The summed E-state index contributed by atoms with van der Waals surface area (Å²) in [6.07, 6.45) is 0. The summed E-state index contributed by atoms with van der Waals surface area (Å²) in [6, 6.07) is 3.03. The fourth-order valence-corrected chi connectivity index (χ4v) is 3.04. The van der Waals surface area contributed by atoms with Gasteiger partial charge in [-0.25, -0.2) is 8.78 Å². The van der Waals surface area contributed by atoms with Gasteiger partial charge in [-0.15, -0.1) is 0 Å². The van der Waals surface area contributed by atoms with Crippen LogP contribution in [0, 0.1) is 11.6 Å². The lowest BCUT2D eigenvalue weighted by Gasteiger charge is -2.33. The molecule has 8 heteroatoms. The number of carbonyl (C=O) groups is 1. The molecular formula is C14H17F2N3OS2. The van der Waals surface area contributed by atoms with Gasteiger partial charge in [-0.3, -0.25) is 4.79 Å². The molecule has 0 bridgehead atoms. The Morgan fingerprint density at radius 1 is 1.32 bits per heavy atom. The molecule has 1 N–H and O–H groups in total. The maximum atomic E-state index is 13.4. The molecule has 1 amide bonds. The van der Waals surface area contributed by atoms with E-state index in [1.807, 2.05) is 0 Å². The van der Waals surface area contributed by atoms with Crippen LogP contribution in [0.2, 0.25) is 0 Å². The molecule has 120 valence electrons. The van der Waals surface area contributed by atoms with Gasteiger partial charge in [-0.05, 0) is 19.2 Å². The highest BCUT2D eigenvalue weighted by molar-refractivity contribution is 8.23. The fraction of sp³-hybridized carbons (Fsp3) is 0.429. The number of rotatable bonds is 3. The van der Waals surface area contributed by atoms with Crippen LogP contribution in [0.15, 0.2) is 18.2 Å². The molecule has 1 fully saturated rings. The summed E-state index contributed by atoms with van der Waals surface area (Å²) in [7, 11) is 2.05. The lowest BCUT2D eigenvalue weighted by atomic mass is 10.3. The van der Waals surface area contributed by atoms with E-state index in [-0.39, 0.29) is 17.3 Å². The molecule has 0 spiro atoms. The topological polar surface area (TPSA) is 35.6 Å². The molecule has 1 heterocycles. The molecule has 0 atom stereocenters. The summed E-state index contributed by atoms with van der Waals surface area (Å²) in [5, 5.41) is 2.41. The molecule has 1 aromatic carbocycles. The zero-order chi connectivity index (χ0) is 16.1. The summed E-state index contributed by atoms with van der Waals surface area (Å²) in [4.78, 5) is 16.1. The van der Waals surface area contributed by atoms with Gasteiger partial charge in [0.15, 0.2) is 0 Å². The molecule has 2 rings (SSSR count). The van der Waals surface area contributed by atoms with Crippen molar-refractivity contribution in [2.24, 2.45) is 0 Å². The SMILES string of the molecule is CN1CCN(C(=S)SCC(=O)Nc2ccc(F)cc2F)CC1. The standard InChI is InChI=1S/C14H17F2N3OS2/c1-18-4-6-19(7-5-18)14(21)22-9-13(20)17-12-3-2-10(15)8-11(12)16/h2-3,8H,4-7,9H2,1H3,(H,17,20). The molecule has 0 unspecified atom stereocenters. The molecule has 0 radical (unpaired) electrons. The number of halogens is 2. The van der Waals surface area contributed by atoms with Crippen LogP contribution in [0.3, 0.4) is 0 Å². The molecule has 22 heavy (non-hydrogen) atoms. The highest BCUT2D eigenvalue weighted by Crippen LogP contribution is 2.16. The van der Waals surface area contributed by atoms with Crippen LogP contribution >= 0.6 is 24.0 Å². The number of nitrogens with zero attached hydrogens (tertiary/aromatic N) is 2. The number of likely N-dealkylation sites (N-methyl/N-ethyl adjacent to an activating group) is 1. The second kappa shape index (κ2) is 7.85. The van der Waals surface area contributed by atoms with Crippen LogP contribution in [0.1, 0.15) is 0 Å². The Bertz CT molecular complexity index is 563. The highest BCUT2D eigenvalue weighted by Gasteiger charge is 2.17. The minimum absolute atomic E-state index is 0.0301. The van der Waals surface area contributed by atoms with Crippen LogP contribution in [-0.4, -0.2) is 59.0 Å². The van der Waals surface area contributed by atoms with E-state index >= 15 is 0 Å². The van der Waals surface area contributed by atoms with E-state index in [4.69, 9.17) is 12.2 Å². The first-order chi connectivity index (χ1) is 10.5. The molecule has 0 aromatic heterocycles. The van der Waals surface area contributed by atoms with Gasteiger partial charge in [0, 0.05) is 32.2 Å². The quantitative estimate of drug-likeness (QED) is 0.850. The van der Waals surface area contributed by atoms with Crippen molar-refractivity contribution in [2.75, 3.05) is 44.3 Å². The third-order valence-electron chi connectivity index (χ3n) is 3.29. The average molecular weight is 345 g/mol. The van der Waals surface area contributed by atoms with Crippen molar-refractivity contribution in [1.29, 1.82) is 0 Å². The Kier molecular flexibility index (Phi) is 6.10. The number of carbonyl (C=O) groups excluding carboxylic acids is 1. The van der Waals surface area contributed by atoms with E-state index in [2.05, 4.69) is 22.2 Å². The van der Waals surface area contributed by atoms with E-state index in [1.54, 1.807) is 0 Å². The Morgan fingerprint density at radius 2 is 2.00 bits per heavy atom. The Labute approximate surface area is 137 Å². The summed E-state index contributed by atoms with van der Waals surface area (Å²) in [5.41, 5.74) is -0.0301. The predicted molar refractivity (Wildman–Crippen MR) is 89.1 cm³/mol. The first-order valence-electron chi connectivity index (χ1n) is 6.81. The average Bonchev–Trinajstić information content (AvgIpc) is 2.48. The number of hydrogen-bond donors (Lipinski definition) is 1. The van der Waals surface area contributed by atoms with Crippen molar-refractivity contribution in [3.05, 3.63) is 29.8 Å². The van der Waals surface area contributed by atoms with E-state index in [1.165, 1.54) is 17.8 Å². The van der Waals surface area contributed by atoms with Gasteiger partial charge < -0.3 is 15.1 Å². The molecule has 0 aliphatic carbocycles. The normalized spacial score (nSPS) is 15.7. The van der Waals surface area contributed by atoms with E-state index in [0.29, 0.717) is 4.32 Å². The maximum absolute atomic E-state index is 13.4. The smallest absolute Gasteiger partial charge is 0.234 e. The number of thiocarbonyl (C=S) groups is 1. The van der Waals surface area contributed by atoms with Crippen LogP contribution in [0.5, 0.6) is 0 Å². The molecular weight excluding hydrogens is 328 g/mol. The van der Waals surface area contributed by atoms with Crippen LogP contribution < -0.4 is 5.32 Å². The fourth-order valence-electron chi connectivity index (χ4n) is 1.98. The molecule has 1 aliphatic rings. The van der Waals surface area contributed by atoms with Gasteiger partial charge in [-0.2, -0.15) is 0 Å². The lowest BCUT2D eigenvalue weighted by Crippen LogP contribution is -2.46. The largest absolute Gasteiger partial charge is 0.355 e. The highest BCUT2D eigenvalue weighted by atomic mass is 32.2. The number of thioether (sulfide) groups is 1. The molecule has 1 aromatic rings. The van der Waals surface area contributed by atoms with Gasteiger partial charge in [0.2, 0.25) is 5.91 Å². The van der Waals surface area contributed by atoms with Gasteiger partial charge >= 0.3 is 0 Å². The van der Waals surface area contributed by atoms with Crippen LogP contribution in [0.4, 0.5) is 14.5 Å². The zero-order valence-electron chi connectivity index (χ0n) is 12.1. The number of anilines is 1. The van der Waals surface area contributed by atoms with Crippen molar-refractivity contribution in [2.45, 2.75) is 0 Å². The number of hydrogen-bond acceptors (Lipinski definition) is 4. The summed E-state index contributed by atoms with van der Waals surface area (Å²) in [6.45, 7) is 3.56. The number of benzene rings is 1. The van der Waals surface area contributed by atoms with Gasteiger partial charge in [0.05, 0.1) is 11.4 Å². The van der Waals surface area contributed by atoms with Crippen LogP contribution in [-0.2, 0) is 4.79 Å². The van der Waals surface area contributed by atoms with Crippen LogP contribution in [0.25, 0.3) is 0 Å². The Balaban J connectivity index is 1.79. The van der Waals surface area contributed by atoms with Crippen molar-refractivity contribution in [3.63, 3.8) is 0 Å². The van der Waals surface area contributed by atoms with E-state index in [9.17, 15) is 13.6 Å². The third-order valence-corrected chi connectivity index (χ3v) is 4.82. The molecule has 0 saturated carbocycles. The van der Waals surface area contributed by atoms with Gasteiger partial charge in [0.25, 0.3) is 0 Å². The molecule has 1 aliphatic heterocycles. The Hall–Kier alpha value is -1.25. The predicted octanol–water partition coefficient (Wildman–Crippen LogP) is 2.17. The molecule has 4 nitrogen and oxygen atoms in total. The first-order valence-corrected chi connectivity index (χ1v) is 8.20. The monoisotopic (exact) mass is 345 g/mol. The van der Waals surface area contributed by atoms with Crippen molar-refractivity contribution < 1.29 is 13.6 Å². The minimum Gasteiger partial charge on any atom is -0.355 e. The van der Waals surface area contributed by atoms with Crippen molar-refractivity contribution in [1.82, 2.24) is 9.80 Å². The lowest BCUT2D eigenvalue weighted by molar-refractivity contribution is -0.113.